The summed E-state index contributed by atoms with van der Waals surface area (Å²) in [4.78, 5) is 13.5. The first kappa shape index (κ1) is 20.2. The number of hydrogen-bond donors (Lipinski definition) is 2. The second kappa shape index (κ2) is 9.58. The Kier molecular flexibility index (Phi) is 6.66. The molecule has 3 nitrogen and oxygen atoms in total. The quantitative estimate of drug-likeness (QED) is 0.740. The molecule has 2 aromatic rings. The zero-order chi connectivity index (χ0) is 20.1. The molecule has 2 aliphatic rings. The molecule has 1 aliphatic heterocycles. The summed E-state index contributed by atoms with van der Waals surface area (Å²) in [6.07, 6.45) is 7.86. The minimum atomic E-state index is 0.127. The summed E-state index contributed by atoms with van der Waals surface area (Å²) in [5, 5.41) is 7.02. The number of nitrogens with one attached hydrogen (secondary N) is 2. The van der Waals surface area contributed by atoms with Gasteiger partial charge in [0.15, 0.2) is 0 Å². The summed E-state index contributed by atoms with van der Waals surface area (Å²) in [5.41, 5.74) is 4.91. The Morgan fingerprint density at radius 1 is 1.03 bits per heavy atom. The van der Waals surface area contributed by atoms with Gasteiger partial charge in [0.2, 0.25) is 0 Å². The Bertz CT molecular complexity index is 811. The Morgan fingerprint density at radius 2 is 1.79 bits per heavy atom. The van der Waals surface area contributed by atoms with Gasteiger partial charge in [-0.25, -0.2) is 0 Å². The molecule has 1 aliphatic carbocycles. The highest BCUT2D eigenvalue weighted by atomic mass is 16.1. The summed E-state index contributed by atoms with van der Waals surface area (Å²) in [7, 11) is 0. The standard InChI is InChI=1S/C26H34N2O/c1-2-22(19-9-4-3-5-10-19)25(21-15-17-27-18-16-21)28-26(29)24-14-8-12-20-11-6-7-13-23(20)24/h3-5,8-10,12,14,21-22,25,27H,2,6-7,11,13,15-18H2,1H3,(H,28,29). The number of benzene rings is 2. The van der Waals surface area contributed by atoms with Crippen LogP contribution in [0.3, 0.4) is 0 Å². The number of carbonyl (C=O) groups is 1. The topological polar surface area (TPSA) is 41.1 Å². The van der Waals surface area contributed by atoms with Gasteiger partial charge in [-0.15, -0.1) is 0 Å². The molecule has 2 atom stereocenters. The van der Waals surface area contributed by atoms with Gasteiger partial charge in [-0.2, -0.15) is 0 Å². The number of hydrogen-bond acceptors (Lipinski definition) is 2. The average Bonchev–Trinajstić information content (AvgIpc) is 2.79. The minimum Gasteiger partial charge on any atom is -0.348 e. The highest BCUT2D eigenvalue weighted by molar-refractivity contribution is 5.96. The zero-order valence-corrected chi connectivity index (χ0v) is 17.6. The van der Waals surface area contributed by atoms with Gasteiger partial charge >= 0.3 is 0 Å². The Balaban J connectivity index is 1.62. The Morgan fingerprint density at radius 3 is 2.55 bits per heavy atom. The maximum atomic E-state index is 13.5. The van der Waals surface area contributed by atoms with Crippen molar-refractivity contribution in [2.45, 2.75) is 63.8 Å². The lowest BCUT2D eigenvalue weighted by Gasteiger charge is -2.37. The highest BCUT2D eigenvalue weighted by Gasteiger charge is 2.32. The summed E-state index contributed by atoms with van der Waals surface area (Å²) in [6, 6.07) is 17.2. The van der Waals surface area contributed by atoms with Crippen LogP contribution in [0.5, 0.6) is 0 Å². The molecule has 4 rings (SSSR count). The lowest BCUT2D eigenvalue weighted by atomic mass is 9.78. The highest BCUT2D eigenvalue weighted by Crippen LogP contribution is 2.32. The average molecular weight is 391 g/mol. The van der Waals surface area contributed by atoms with E-state index in [0.29, 0.717) is 11.8 Å². The summed E-state index contributed by atoms with van der Waals surface area (Å²) < 4.78 is 0. The van der Waals surface area contributed by atoms with Crippen LogP contribution in [0, 0.1) is 5.92 Å². The van der Waals surface area contributed by atoms with E-state index in [0.717, 1.165) is 50.8 Å². The van der Waals surface area contributed by atoms with Crippen molar-refractivity contribution in [1.29, 1.82) is 0 Å². The van der Waals surface area contributed by atoms with Crippen LogP contribution in [0.25, 0.3) is 0 Å². The van der Waals surface area contributed by atoms with Crippen molar-refractivity contribution in [2.24, 2.45) is 5.92 Å². The van der Waals surface area contributed by atoms with E-state index in [1.165, 1.54) is 29.5 Å². The molecule has 2 aromatic carbocycles. The van der Waals surface area contributed by atoms with Gasteiger partial charge in [0.1, 0.15) is 0 Å². The molecule has 2 N–H and O–H groups in total. The van der Waals surface area contributed by atoms with Crippen LogP contribution in [0.15, 0.2) is 48.5 Å². The second-order valence-electron chi connectivity index (χ2n) is 8.66. The van der Waals surface area contributed by atoms with Crippen molar-refractivity contribution in [3.63, 3.8) is 0 Å². The molecular weight excluding hydrogens is 356 g/mol. The van der Waals surface area contributed by atoms with Crippen LogP contribution < -0.4 is 10.6 Å². The van der Waals surface area contributed by atoms with Gasteiger partial charge in [0.05, 0.1) is 0 Å². The van der Waals surface area contributed by atoms with Crippen molar-refractivity contribution in [3.05, 3.63) is 70.8 Å². The van der Waals surface area contributed by atoms with Crippen LogP contribution >= 0.6 is 0 Å². The van der Waals surface area contributed by atoms with Crippen LogP contribution in [0.1, 0.15) is 72.0 Å². The maximum Gasteiger partial charge on any atom is 0.251 e. The van der Waals surface area contributed by atoms with Crippen molar-refractivity contribution in [2.75, 3.05) is 13.1 Å². The fourth-order valence-electron chi connectivity index (χ4n) is 5.37. The van der Waals surface area contributed by atoms with Gasteiger partial charge in [-0.1, -0.05) is 49.4 Å². The monoisotopic (exact) mass is 390 g/mol. The number of fused-ring (bicyclic) bond motifs is 1. The minimum absolute atomic E-state index is 0.127. The van der Waals surface area contributed by atoms with Crippen molar-refractivity contribution >= 4 is 5.91 Å². The molecule has 0 aromatic heterocycles. The van der Waals surface area contributed by atoms with Crippen molar-refractivity contribution < 1.29 is 4.79 Å². The molecule has 1 heterocycles. The predicted octanol–water partition coefficient (Wildman–Crippen LogP) is 4.86. The van der Waals surface area contributed by atoms with Gasteiger partial charge in [0, 0.05) is 17.5 Å². The molecular formula is C26H34N2O. The lowest BCUT2D eigenvalue weighted by Crippen LogP contribution is -2.47. The van der Waals surface area contributed by atoms with E-state index in [1.54, 1.807) is 0 Å². The predicted molar refractivity (Wildman–Crippen MR) is 119 cm³/mol. The van der Waals surface area contributed by atoms with E-state index in [4.69, 9.17) is 0 Å². The number of rotatable bonds is 6. The maximum absolute atomic E-state index is 13.5. The number of amides is 1. The molecule has 2 unspecified atom stereocenters. The normalized spacial score (nSPS) is 19.2. The molecule has 3 heteroatoms. The molecule has 1 amide bonds. The van der Waals surface area contributed by atoms with E-state index >= 15 is 0 Å². The molecule has 0 radical (unpaired) electrons. The van der Waals surface area contributed by atoms with Crippen LogP contribution in [0.2, 0.25) is 0 Å². The molecule has 1 fully saturated rings. The third kappa shape index (κ3) is 4.56. The molecule has 0 bridgehead atoms. The first-order valence-corrected chi connectivity index (χ1v) is 11.4. The fourth-order valence-corrected chi connectivity index (χ4v) is 5.37. The van der Waals surface area contributed by atoms with Crippen LogP contribution in [-0.4, -0.2) is 25.0 Å². The van der Waals surface area contributed by atoms with Gasteiger partial charge in [0.25, 0.3) is 5.91 Å². The second-order valence-corrected chi connectivity index (χ2v) is 8.66. The SMILES string of the molecule is CCC(c1ccccc1)C(NC(=O)c1cccc2c1CCCC2)C1CCNCC1. The lowest BCUT2D eigenvalue weighted by molar-refractivity contribution is 0.0900. The van der Waals surface area contributed by atoms with E-state index < -0.39 is 0 Å². The van der Waals surface area contributed by atoms with Crippen LogP contribution in [0.4, 0.5) is 0 Å². The van der Waals surface area contributed by atoms with Gasteiger partial charge in [-0.3, -0.25) is 4.79 Å². The van der Waals surface area contributed by atoms with E-state index in [2.05, 4.69) is 60.0 Å². The zero-order valence-electron chi connectivity index (χ0n) is 17.6. The van der Waals surface area contributed by atoms with Crippen LogP contribution in [-0.2, 0) is 12.8 Å². The summed E-state index contributed by atoms with van der Waals surface area (Å²) >= 11 is 0. The Hall–Kier alpha value is -2.13. The smallest absolute Gasteiger partial charge is 0.251 e. The molecule has 154 valence electrons. The number of carbonyl (C=O) groups excluding carboxylic acids is 1. The van der Waals surface area contributed by atoms with Gasteiger partial charge in [-0.05, 0) is 86.7 Å². The van der Waals surface area contributed by atoms with E-state index in [1.807, 2.05) is 6.07 Å². The van der Waals surface area contributed by atoms with E-state index in [9.17, 15) is 4.79 Å². The first-order valence-electron chi connectivity index (χ1n) is 11.4. The first-order chi connectivity index (χ1) is 14.3. The summed E-state index contributed by atoms with van der Waals surface area (Å²) in [5.74, 6) is 0.995. The number of aryl methyl sites for hydroxylation is 1. The molecule has 1 saturated heterocycles. The fraction of sp³-hybridized carbons (Fsp3) is 0.500. The third-order valence-electron chi connectivity index (χ3n) is 6.93. The summed E-state index contributed by atoms with van der Waals surface area (Å²) in [6.45, 7) is 4.34. The van der Waals surface area contributed by atoms with Crippen molar-refractivity contribution in [3.8, 4) is 0 Å². The molecule has 0 saturated carbocycles. The molecule has 0 spiro atoms. The van der Waals surface area contributed by atoms with Gasteiger partial charge < -0.3 is 10.6 Å². The number of piperidine rings is 1. The van der Waals surface area contributed by atoms with Crippen molar-refractivity contribution in [1.82, 2.24) is 10.6 Å². The third-order valence-corrected chi connectivity index (χ3v) is 6.93. The Labute approximate surface area is 175 Å². The largest absolute Gasteiger partial charge is 0.348 e. The van der Waals surface area contributed by atoms with E-state index in [-0.39, 0.29) is 11.9 Å². The molecule has 29 heavy (non-hydrogen) atoms.